The standard InChI is InChI=1S/C30H38N4O6/c1-19(35)40-18-24(36)33-15-13-21(14-16-33)31-29(37)27-28(39-3)25-26(32(27)2)22-11-7-8-12-23(22)34(30(25)38)17-20-9-5-4-6-10-20/h7-8,11-12,20-21H,4-6,9-10,13-18H2,1-3H3,(H,31,37). The van der Waals surface area contributed by atoms with Crippen molar-refractivity contribution in [1.29, 1.82) is 0 Å². The first-order chi connectivity index (χ1) is 19.3. The molecule has 40 heavy (non-hydrogen) atoms. The third-order valence-electron chi connectivity index (χ3n) is 8.43. The van der Waals surface area contributed by atoms with Gasteiger partial charge in [-0.05, 0) is 37.7 Å². The van der Waals surface area contributed by atoms with Gasteiger partial charge >= 0.3 is 5.97 Å². The van der Waals surface area contributed by atoms with E-state index in [4.69, 9.17) is 9.47 Å². The number of aromatic nitrogens is 2. The number of methoxy groups -OCH3 is 1. The summed E-state index contributed by atoms with van der Waals surface area (Å²) in [5.74, 6) is -0.309. The van der Waals surface area contributed by atoms with E-state index in [1.807, 2.05) is 28.8 Å². The molecule has 2 amide bonds. The van der Waals surface area contributed by atoms with Gasteiger partial charge in [-0.25, -0.2) is 0 Å². The first kappa shape index (κ1) is 27.7. The minimum absolute atomic E-state index is 0.134. The molecular formula is C30H38N4O6. The number of aryl methyl sites for hydroxylation is 1. The third kappa shape index (κ3) is 5.31. The smallest absolute Gasteiger partial charge is 0.303 e. The Labute approximate surface area is 233 Å². The zero-order valence-electron chi connectivity index (χ0n) is 23.5. The highest BCUT2D eigenvalue weighted by Gasteiger charge is 2.30. The molecule has 1 saturated heterocycles. The zero-order valence-corrected chi connectivity index (χ0v) is 23.5. The van der Waals surface area contributed by atoms with Crippen LogP contribution in [-0.2, 0) is 27.9 Å². The predicted molar refractivity (Wildman–Crippen MR) is 152 cm³/mol. The average Bonchev–Trinajstić information content (AvgIpc) is 3.27. The molecule has 3 heterocycles. The number of carbonyl (C=O) groups excluding carboxylic acids is 3. The number of nitrogens with zero attached hydrogens (tertiary/aromatic N) is 3. The Morgan fingerprint density at radius 2 is 1.73 bits per heavy atom. The van der Waals surface area contributed by atoms with E-state index in [1.165, 1.54) is 33.3 Å². The fourth-order valence-electron chi connectivity index (χ4n) is 6.37. The van der Waals surface area contributed by atoms with Gasteiger partial charge in [0.05, 0.1) is 18.1 Å². The number of hydrogen-bond acceptors (Lipinski definition) is 6. The van der Waals surface area contributed by atoms with Crippen LogP contribution in [0.15, 0.2) is 29.1 Å². The molecule has 3 aromatic rings. The van der Waals surface area contributed by atoms with Gasteiger partial charge in [0, 0.05) is 45.0 Å². The van der Waals surface area contributed by atoms with Crippen LogP contribution in [0.2, 0.25) is 0 Å². The summed E-state index contributed by atoms with van der Waals surface area (Å²) < 4.78 is 14.2. The Hall–Kier alpha value is -3.82. The second-order valence-electron chi connectivity index (χ2n) is 11.0. The van der Waals surface area contributed by atoms with Crippen molar-refractivity contribution in [3.05, 3.63) is 40.3 Å². The lowest BCUT2D eigenvalue weighted by atomic mass is 9.89. The molecule has 2 aromatic heterocycles. The molecule has 2 aliphatic rings. The number of carbonyl (C=O) groups is 3. The second kappa shape index (κ2) is 11.7. The number of benzene rings is 1. The van der Waals surface area contributed by atoms with Gasteiger partial charge in [0.2, 0.25) is 0 Å². The van der Waals surface area contributed by atoms with Crippen LogP contribution in [0.1, 0.15) is 62.4 Å². The molecule has 1 aromatic carbocycles. The van der Waals surface area contributed by atoms with Crippen LogP contribution < -0.4 is 15.6 Å². The van der Waals surface area contributed by atoms with E-state index in [0.717, 1.165) is 23.7 Å². The van der Waals surface area contributed by atoms with Crippen molar-refractivity contribution in [2.75, 3.05) is 26.8 Å². The molecule has 0 bridgehead atoms. The van der Waals surface area contributed by atoms with Gasteiger partial charge in [-0.1, -0.05) is 37.5 Å². The van der Waals surface area contributed by atoms with Gasteiger partial charge in [-0.3, -0.25) is 19.2 Å². The molecule has 0 atom stereocenters. The fourth-order valence-corrected chi connectivity index (χ4v) is 6.37. The van der Waals surface area contributed by atoms with Crippen molar-refractivity contribution >= 4 is 39.6 Å². The second-order valence-corrected chi connectivity index (χ2v) is 11.0. The Morgan fingerprint density at radius 1 is 1.02 bits per heavy atom. The monoisotopic (exact) mass is 550 g/mol. The van der Waals surface area contributed by atoms with Crippen LogP contribution in [0.4, 0.5) is 0 Å². The molecule has 5 rings (SSSR count). The normalized spacial score (nSPS) is 16.8. The molecule has 1 N–H and O–H groups in total. The molecule has 10 nitrogen and oxygen atoms in total. The Kier molecular flexibility index (Phi) is 8.14. The predicted octanol–water partition coefficient (Wildman–Crippen LogP) is 3.37. The van der Waals surface area contributed by atoms with Crippen LogP contribution in [0, 0.1) is 5.92 Å². The van der Waals surface area contributed by atoms with E-state index >= 15 is 0 Å². The van der Waals surface area contributed by atoms with Crippen LogP contribution in [0.3, 0.4) is 0 Å². The summed E-state index contributed by atoms with van der Waals surface area (Å²) >= 11 is 0. The number of para-hydroxylation sites is 1. The van der Waals surface area contributed by atoms with E-state index in [9.17, 15) is 19.2 Å². The molecule has 1 aliphatic carbocycles. The summed E-state index contributed by atoms with van der Waals surface area (Å²) in [6.07, 6.45) is 7.01. The van der Waals surface area contributed by atoms with Crippen molar-refractivity contribution in [3.63, 3.8) is 0 Å². The van der Waals surface area contributed by atoms with Crippen molar-refractivity contribution in [1.82, 2.24) is 19.4 Å². The average molecular weight is 551 g/mol. The topological polar surface area (TPSA) is 112 Å². The quantitative estimate of drug-likeness (QED) is 0.452. The Bertz CT molecular complexity index is 1490. The molecule has 1 aliphatic heterocycles. The van der Waals surface area contributed by atoms with Gasteiger partial charge in [-0.2, -0.15) is 0 Å². The maximum absolute atomic E-state index is 14.0. The number of esters is 1. The molecule has 214 valence electrons. The highest BCUT2D eigenvalue weighted by molar-refractivity contribution is 6.12. The Balaban J connectivity index is 1.44. The highest BCUT2D eigenvalue weighted by atomic mass is 16.5. The first-order valence-corrected chi connectivity index (χ1v) is 14.2. The minimum atomic E-state index is -0.493. The maximum Gasteiger partial charge on any atom is 0.303 e. The van der Waals surface area contributed by atoms with E-state index in [2.05, 4.69) is 5.32 Å². The zero-order chi connectivity index (χ0) is 28.4. The van der Waals surface area contributed by atoms with Crippen molar-refractivity contribution in [2.24, 2.45) is 13.0 Å². The number of piperidine rings is 1. The molecule has 10 heteroatoms. The maximum atomic E-state index is 14.0. The highest BCUT2D eigenvalue weighted by Crippen LogP contribution is 2.35. The lowest BCUT2D eigenvalue weighted by molar-refractivity contribution is -0.150. The minimum Gasteiger partial charge on any atom is -0.493 e. The van der Waals surface area contributed by atoms with Gasteiger partial charge < -0.3 is 28.8 Å². The van der Waals surface area contributed by atoms with Crippen LogP contribution >= 0.6 is 0 Å². The van der Waals surface area contributed by atoms with E-state index in [-0.39, 0.29) is 35.8 Å². The van der Waals surface area contributed by atoms with E-state index < -0.39 is 5.97 Å². The number of nitrogens with one attached hydrogen (secondary N) is 1. The molecular weight excluding hydrogens is 512 g/mol. The van der Waals surface area contributed by atoms with Gasteiger partial charge in [-0.15, -0.1) is 0 Å². The summed E-state index contributed by atoms with van der Waals surface area (Å²) in [4.78, 5) is 52.6. The number of ether oxygens (including phenoxy) is 2. The van der Waals surface area contributed by atoms with E-state index in [0.29, 0.717) is 55.0 Å². The van der Waals surface area contributed by atoms with E-state index in [1.54, 1.807) is 16.5 Å². The van der Waals surface area contributed by atoms with Gasteiger partial charge in [0.25, 0.3) is 17.4 Å². The largest absolute Gasteiger partial charge is 0.493 e. The first-order valence-electron chi connectivity index (χ1n) is 14.2. The molecule has 0 radical (unpaired) electrons. The van der Waals surface area contributed by atoms with Gasteiger partial charge in [0.1, 0.15) is 5.39 Å². The molecule has 1 saturated carbocycles. The SMILES string of the molecule is COc1c(C(=O)NC2CCN(C(=O)COC(C)=O)CC2)n(C)c2c1c(=O)n(CC1CCCCC1)c1ccccc21. The van der Waals surface area contributed by atoms with Crippen LogP contribution in [0.25, 0.3) is 21.8 Å². The summed E-state index contributed by atoms with van der Waals surface area (Å²) in [6.45, 7) is 2.56. The Morgan fingerprint density at radius 3 is 2.40 bits per heavy atom. The third-order valence-corrected chi connectivity index (χ3v) is 8.43. The van der Waals surface area contributed by atoms with Crippen molar-refractivity contribution in [3.8, 4) is 5.75 Å². The van der Waals surface area contributed by atoms with Crippen molar-refractivity contribution in [2.45, 2.75) is 64.5 Å². The number of rotatable bonds is 7. The van der Waals surface area contributed by atoms with Crippen molar-refractivity contribution < 1.29 is 23.9 Å². The molecule has 0 spiro atoms. The lowest BCUT2D eigenvalue weighted by Crippen LogP contribution is -2.47. The summed E-state index contributed by atoms with van der Waals surface area (Å²) in [6, 6.07) is 7.73. The number of fused-ring (bicyclic) bond motifs is 3. The fraction of sp³-hybridized carbons (Fsp3) is 0.533. The van der Waals surface area contributed by atoms with Crippen LogP contribution in [0.5, 0.6) is 5.75 Å². The van der Waals surface area contributed by atoms with Crippen LogP contribution in [-0.4, -0.2) is 64.7 Å². The summed E-state index contributed by atoms with van der Waals surface area (Å²) in [5.41, 5.74) is 1.73. The van der Waals surface area contributed by atoms with Gasteiger partial charge in [0.15, 0.2) is 18.1 Å². The number of pyridine rings is 1. The summed E-state index contributed by atoms with van der Waals surface area (Å²) in [7, 11) is 3.30. The summed E-state index contributed by atoms with van der Waals surface area (Å²) in [5, 5.41) is 4.43. The molecule has 0 unspecified atom stereocenters. The number of amides is 2. The molecule has 2 fully saturated rings. The number of likely N-dealkylation sites (tertiary alicyclic amines) is 1. The number of hydrogen-bond donors (Lipinski definition) is 1. The lowest BCUT2D eigenvalue weighted by Gasteiger charge is -2.32.